The minimum Gasteiger partial charge on any atom is -0.271 e. The Morgan fingerprint density at radius 3 is 3.00 bits per heavy atom. The van der Waals surface area contributed by atoms with Crippen molar-refractivity contribution in [3.8, 4) is 11.8 Å². The summed E-state index contributed by atoms with van der Waals surface area (Å²) in [6.45, 7) is 3.98. The lowest BCUT2D eigenvalue weighted by Gasteiger charge is -2.17. The Morgan fingerprint density at radius 1 is 1.56 bits per heavy atom. The molecule has 0 radical (unpaired) electrons. The summed E-state index contributed by atoms with van der Waals surface area (Å²) >= 11 is 0. The number of aryl methyl sites for hydroxylation is 1. The van der Waals surface area contributed by atoms with Gasteiger partial charge in [-0.15, -0.1) is 11.8 Å². The van der Waals surface area contributed by atoms with Gasteiger partial charge in [-0.05, 0) is 37.0 Å². The van der Waals surface area contributed by atoms with E-state index in [0.29, 0.717) is 0 Å². The Balaban J connectivity index is 2.79. The topological polar surface area (TPSA) is 50.9 Å². The Hall–Kier alpha value is -1.37. The molecule has 0 saturated carbocycles. The lowest BCUT2D eigenvalue weighted by molar-refractivity contribution is 0.519. The molecule has 3 N–H and O–H groups in total. The van der Waals surface area contributed by atoms with E-state index in [1.807, 2.05) is 25.4 Å². The smallest absolute Gasteiger partial charge is 0.0472 e. The van der Waals surface area contributed by atoms with E-state index in [9.17, 15) is 0 Å². The maximum atomic E-state index is 5.59. The summed E-state index contributed by atoms with van der Waals surface area (Å²) in [5.74, 6) is 11.5. The number of pyridine rings is 1. The van der Waals surface area contributed by atoms with E-state index in [1.165, 1.54) is 11.1 Å². The predicted molar refractivity (Wildman–Crippen MR) is 66.4 cm³/mol. The third kappa shape index (κ3) is 3.34. The van der Waals surface area contributed by atoms with Crippen LogP contribution in [0.1, 0.15) is 43.9 Å². The SMILES string of the molecule is CC#CCCC(NN)c1ccncc1CC. The van der Waals surface area contributed by atoms with Gasteiger partial charge in [0.05, 0.1) is 0 Å². The predicted octanol–water partition coefficient (Wildman–Crippen LogP) is 1.95. The molecule has 1 heterocycles. The van der Waals surface area contributed by atoms with E-state index in [2.05, 4.69) is 29.2 Å². The maximum absolute atomic E-state index is 5.59. The summed E-state index contributed by atoms with van der Waals surface area (Å²) in [5, 5.41) is 0. The third-order valence-corrected chi connectivity index (χ3v) is 2.63. The highest BCUT2D eigenvalue weighted by Crippen LogP contribution is 2.21. The number of aromatic nitrogens is 1. The zero-order valence-electron chi connectivity index (χ0n) is 9.96. The fourth-order valence-corrected chi connectivity index (χ4v) is 1.74. The fraction of sp³-hybridized carbons (Fsp3) is 0.462. The van der Waals surface area contributed by atoms with Crippen LogP contribution in [0.4, 0.5) is 0 Å². The molecule has 0 saturated heterocycles. The number of hydrogen-bond acceptors (Lipinski definition) is 3. The summed E-state index contributed by atoms with van der Waals surface area (Å²) in [6, 6.07) is 2.20. The molecule has 3 nitrogen and oxygen atoms in total. The van der Waals surface area contributed by atoms with Crippen LogP contribution in [0, 0.1) is 11.8 Å². The number of hydrazine groups is 1. The molecule has 86 valence electrons. The van der Waals surface area contributed by atoms with Crippen molar-refractivity contribution >= 4 is 0 Å². The first kappa shape index (κ1) is 12.7. The van der Waals surface area contributed by atoms with Crippen LogP contribution in [0.5, 0.6) is 0 Å². The van der Waals surface area contributed by atoms with Crippen LogP contribution in [-0.4, -0.2) is 4.98 Å². The number of nitrogens with two attached hydrogens (primary N) is 1. The van der Waals surface area contributed by atoms with Crippen molar-refractivity contribution in [2.75, 3.05) is 0 Å². The van der Waals surface area contributed by atoms with Gasteiger partial charge in [-0.1, -0.05) is 6.92 Å². The van der Waals surface area contributed by atoms with E-state index >= 15 is 0 Å². The Morgan fingerprint density at radius 2 is 2.38 bits per heavy atom. The number of rotatable bonds is 5. The quantitative estimate of drug-likeness (QED) is 0.450. The Labute approximate surface area is 97.4 Å². The van der Waals surface area contributed by atoms with Gasteiger partial charge in [0.1, 0.15) is 0 Å². The summed E-state index contributed by atoms with van der Waals surface area (Å²) < 4.78 is 0. The number of nitrogens with one attached hydrogen (secondary N) is 1. The highest BCUT2D eigenvalue weighted by molar-refractivity contribution is 5.26. The highest BCUT2D eigenvalue weighted by Gasteiger charge is 2.12. The summed E-state index contributed by atoms with van der Waals surface area (Å²) in [7, 11) is 0. The van der Waals surface area contributed by atoms with Crippen LogP contribution in [0.3, 0.4) is 0 Å². The molecule has 1 rings (SSSR count). The zero-order chi connectivity index (χ0) is 11.8. The molecule has 16 heavy (non-hydrogen) atoms. The van der Waals surface area contributed by atoms with Crippen molar-refractivity contribution in [3.63, 3.8) is 0 Å². The second-order valence-electron chi connectivity index (χ2n) is 3.61. The van der Waals surface area contributed by atoms with Crippen LogP contribution < -0.4 is 11.3 Å². The van der Waals surface area contributed by atoms with Gasteiger partial charge >= 0.3 is 0 Å². The molecule has 3 heteroatoms. The van der Waals surface area contributed by atoms with E-state index in [4.69, 9.17) is 5.84 Å². The van der Waals surface area contributed by atoms with E-state index < -0.39 is 0 Å². The van der Waals surface area contributed by atoms with Gasteiger partial charge in [0.25, 0.3) is 0 Å². The highest BCUT2D eigenvalue weighted by atomic mass is 15.2. The van der Waals surface area contributed by atoms with Gasteiger partial charge in [0.2, 0.25) is 0 Å². The standard InChI is InChI=1S/C13H19N3/c1-3-5-6-7-13(16-14)12-8-9-15-10-11(12)4-2/h8-10,13,16H,4,6-7,14H2,1-2H3. The van der Waals surface area contributed by atoms with Crippen molar-refractivity contribution in [2.45, 2.75) is 39.2 Å². The zero-order valence-corrected chi connectivity index (χ0v) is 9.96. The van der Waals surface area contributed by atoms with Crippen molar-refractivity contribution < 1.29 is 0 Å². The second kappa shape index (κ2) is 7.00. The maximum Gasteiger partial charge on any atom is 0.0472 e. The van der Waals surface area contributed by atoms with E-state index in [1.54, 1.807) is 0 Å². The molecule has 0 spiro atoms. The van der Waals surface area contributed by atoms with Crippen molar-refractivity contribution in [1.29, 1.82) is 0 Å². The molecule has 0 fully saturated rings. The molecule has 0 bridgehead atoms. The first-order valence-corrected chi connectivity index (χ1v) is 5.62. The molecule has 0 amide bonds. The molecule has 1 aromatic rings. The molecule has 0 aliphatic carbocycles. The largest absolute Gasteiger partial charge is 0.271 e. The lowest BCUT2D eigenvalue weighted by Crippen LogP contribution is -2.28. The van der Waals surface area contributed by atoms with Crippen LogP contribution in [-0.2, 0) is 6.42 Å². The fourth-order valence-electron chi connectivity index (χ4n) is 1.74. The van der Waals surface area contributed by atoms with Crippen molar-refractivity contribution in [3.05, 3.63) is 29.6 Å². The summed E-state index contributed by atoms with van der Waals surface area (Å²) in [6.07, 6.45) is 6.47. The first-order chi connectivity index (χ1) is 7.83. The molecular formula is C13H19N3. The summed E-state index contributed by atoms with van der Waals surface area (Å²) in [5.41, 5.74) is 5.34. The van der Waals surface area contributed by atoms with Gasteiger partial charge in [0, 0.05) is 24.9 Å². The van der Waals surface area contributed by atoms with Gasteiger partial charge in [-0.3, -0.25) is 16.3 Å². The van der Waals surface area contributed by atoms with E-state index in [0.717, 1.165) is 19.3 Å². The van der Waals surface area contributed by atoms with Crippen LogP contribution in [0.25, 0.3) is 0 Å². The van der Waals surface area contributed by atoms with Crippen LogP contribution in [0.2, 0.25) is 0 Å². The minimum absolute atomic E-state index is 0.166. The Kier molecular flexibility index (Phi) is 5.55. The first-order valence-electron chi connectivity index (χ1n) is 5.62. The van der Waals surface area contributed by atoms with Gasteiger partial charge in [-0.25, -0.2) is 0 Å². The molecule has 1 unspecified atom stereocenters. The average Bonchev–Trinajstić information content (AvgIpc) is 2.35. The lowest BCUT2D eigenvalue weighted by atomic mass is 9.98. The van der Waals surface area contributed by atoms with Crippen LogP contribution in [0.15, 0.2) is 18.5 Å². The molecule has 0 aliphatic rings. The monoisotopic (exact) mass is 217 g/mol. The summed E-state index contributed by atoms with van der Waals surface area (Å²) in [4.78, 5) is 4.13. The second-order valence-corrected chi connectivity index (χ2v) is 3.61. The van der Waals surface area contributed by atoms with E-state index in [-0.39, 0.29) is 6.04 Å². The van der Waals surface area contributed by atoms with Crippen molar-refractivity contribution in [1.82, 2.24) is 10.4 Å². The van der Waals surface area contributed by atoms with Crippen LogP contribution >= 0.6 is 0 Å². The van der Waals surface area contributed by atoms with Gasteiger partial charge in [-0.2, -0.15) is 0 Å². The molecular weight excluding hydrogens is 198 g/mol. The number of hydrogen-bond donors (Lipinski definition) is 2. The minimum atomic E-state index is 0.166. The molecule has 1 aromatic heterocycles. The average molecular weight is 217 g/mol. The van der Waals surface area contributed by atoms with Crippen molar-refractivity contribution in [2.24, 2.45) is 5.84 Å². The molecule has 0 aromatic carbocycles. The van der Waals surface area contributed by atoms with Gasteiger partial charge in [0.15, 0.2) is 0 Å². The molecule has 1 atom stereocenters. The Bertz CT molecular complexity index is 376. The van der Waals surface area contributed by atoms with Gasteiger partial charge < -0.3 is 0 Å². The molecule has 0 aliphatic heterocycles. The number of nitrogens with zero attached hydrogens (tertiary/aromatic N) is 1. The third-order valence-electron chi connectivity index (χ3n) is 2.63. The normalized spacial score (nSPS) is 11.7.